The van der Waals surface area contributed by atoms with Crippen LogP contribution in [0.2, 0.25) is 0 Å². The van der Waals surface area contributed by atoms with Gasteiger partial charge in [-0.3, -0.25) is 4.79 Å². The average molecular weight is 407 g/mol. The lowest BCUT2D eigenvalue weighted by molar-refractivity contribution is 0.0718. The Labute approximate surface area is 183 Å². The lowest BCUT2D eigenvalue weighted by Gasteiger charge is -2.38. The van der Waals surface area contributed by atoms with E-state index in [4.69, 9.17) is 0 Å². The second-order valence-electron chi connectivity index (χ2n) is 9.57. The minimum Gasteiger partial charge on any atom is -0.380 e. The minimum atomic E-state index is -1.27. The molecular weight excluding hydrogens is 380 g/mol. The summed E-state index contributed by atoms with van der Waals surface area (Å²) in [5, 5.41) is 14.6. The van der Waals surface area contributed by atoms with E-state index in [9.17, 15) is 9.90 Å². The zero-order chi connectivity index (χ0) is 21.8. The van der Waals surface area contributed by atoms with Crippen molar-refractivity contribution in [3.05, 3.63) is 118 Å². The first kappa shape index (κ1) is 19.7. The average Bonchev–Trinajstić information content (AvgIpc) is 2.76. The largest absolute Gasteiger partial charge is 0.380 e. The molecule has 1 aliphatic carbocycles. The highest BCUT2D eigenvalue weighted by Crippen LogP contribution is 2.45. The van der Waals surface area contributed by atoms with E-state index in [0.717, 1.165) is 16.5 Å². The molecule has 0 aromatic heterocycles. The Morgan fingerprint density at radius 1 is 0.774 bits per heavy atom. The Morgan fingerprint density at radius 3 is 2.23 bits per heavy atom. The van der Waals surface area contributed by atoms with Crippen LogP contribution in [0.5, 0.6) is 0 Å². The molecule has 2 heteroatoms. The molecule has 0 radical (unpaired) electrons. The molecule has 0 saturated carbocycles. The van der Waals surface area contributed by atoms with Crippen LogP contribution in [0, 0.1) is 0 Å². The monoisotopic (exact) mass is 406 g/mol. The fourth-order valence-corrected chi connectivity index (χ4v) is 4.92. The van der Waals surface area contributed by atoms with Crippen molar-refractivity contribution in [2.24, 2.45) is 0 Å². The van der Waals surface area contributed by atoms with E-state index in [1.165, 1.54) is 5.39 Å². The highest BCUT2D eigenvalue weighted by Gasteiger charge is 2.44. The van der Waals surface area contributed by atoms with Crippen molar-refractivity contribution in [3.8, 4) is 0 Å². The van der Waals surface area contributed by atoms with E-state index in [2.05, 4.69) is 51.1 Å². The van der Waals surface area contributed by atoms with Crippen LogP contribution in [-0.2, 0) is 17.4 Å². The molecule has 1 N–H and O–H groups in total. The molecule has 0 saturated heterocycles. The van der Waals surface area contributed by atoms with E-state index < -0.39 is 5.60 Å². The molecule has 0 bridgehead atoms. The van der Waals surface area contributed by atoms with Crippen LogP contribution in [0.1, 0.15) is 58.9 Å². The van der Waals surface area contributed by atoms with Crippen molar-refractivity contribution in [1.29, 1.82) is 0 Å². The van der Waals surface area contributed by atoms with Gasteiger partial charge >= 0.3 is 0 Å². The van der Waals surface area contributed by atoms with Gasteiger partial charge in [-0.2, -0.15) is 0 Å². The van der Waals surface area contributed by atoms with Crippen molar-refractivity contribution >= 4 is 16.6 Å². The molecule has 1 aliphatic rings. The SMILES string of the molecule is CC(C)(C)c1cccc2c1C(=O)c1ccccc1C2(O)Cc1ccc2ccccc2c1. The van der Waals surface area contributed by atoms with E-state index in [-0.39, 0.29) is 11.2 Å². The number of fused-ring (bicyclic) bond motifs is 3. The molecule has 0 amide bonds. The van der Waals surface area contributed by atoms with Crippen LogP contribution in [0.4, 0.5) is 0 Å². The maximum Gasteiger partial charge on any atom is 0.194 e. The predicted molar refractivity (Wildman–Crippen MR) is 126 cm³/mol. The van der Waals surface area contributed by atoms with Crippen LogP contribution in [0.3, 0.4) is 0 Å². The first-order chi connectivity index (χ1) is 14.8. The molecule has 0 spiro atoms. The van der Waals surface area contributed by atoms with E-state index in [1.54, 1.807) is 0 Å². The maximum absolute atomic E-state index is 13.6. The lowest BCUT2D eigenvalue weighted by atomic mass is 9.68. The summed E-state index contributed by atoms with van der Waals surface area (Å²) in [6.45, 7) is 6.33. The standard InChI is InChI=1S/C29H26O2/c1-28(2,3)24-13-8-14-25-26(24)27(30)22-11-6-7-12-23(22)29(25,31)18-19-15-16-20-9-4-5-10-21(20)17-19/h4-17,31H,18H2,1-3H3. The Balaban J connectivity index is 1.74. The van der Waals surface area contributed by atoms with Crippen molar-refractivity contribution in [2.45, 2.75) is 38.2 Å². The van der Waals surface area contributed by atoms with Gasteiger partial charge in [-0.25, -0.2) is 0 Å². The van der Waals surface area contributed by atoms with Gasteiger partial charge in [0.05, 0.1) is 0 Å². The number of rotatable bonds is 2. The summed E-state index contributed by atoms with van der Waals surface area (Å²) in [7, 11) is 0. The number of carbonyl (C=O) groups excluding carboxylic acids is 1. The van der Waals surface area contributed by atoms with Gasteiger partial charge in [0.15, 0.2) is 5.78 Å². The normalized spacial score (nSPS) is 18.0. The molecule has 2 nitrogen and oxygen atoms in total. The van der Waals surface area contributed by atoms with Crippen LogP contribution in [0.25, 0.3) is 10.8 Å². The smallest absolute Gasteiger partial charge is 0.194 e. The predicted octanol–water partition coefficient (Wildman–Crippen LogP) is 6.16. The van der Waals surface area contributed by atoms with Crippen LogP contribution in [-0.4, -0.2) is 10.9 Å². The molecule has 0 fully saturated rings. The third-order valence-corrected chi connectivity index (χ3v) is 6.44. The summed E-state index contributed by atoms with van der Waals surface area (Å²) in [6, 6.07) is 27.9. The molecule has 1 atom stereocenters. The van der Waals surface area contributed by atoms with Crippen molar-refractivity contribution in [3.63, 3.8) is 0 Å². The summed E-state index contributed by atoms with van der Waals surface area (Å²) >= 11 is 0. The lowest BCUT2D eigenvalue weighted by Crippen LogP contribution is -2.39. The van der Waals surface area contributed by atoms with Crippen LogP contribution in [0.15, 0.2) is 84.9 Å². The Kier molecular flexibility index (Phi) is 4.39. The summed E-state index contributed by atoms with van der Waals surface area (Å²) < 4.78 is 0. The van der Waals surface area contributed by atoms with Gasteiger partial charge in [0.25, 0.3) is 0 Å². The number of aliphatic hydroxyl groups is 1. The molecule has 4 aromatic carbocycles. The van der Waals surface area contributed by atoms with Crippen LogP contribution < -0.4 is 0 Å². The Hall–Kier alpha value is -3.23. The minimum absolute atomic E-state index is 0.000638. The van der Waals surface area contributed by atoms with E-state index in [0.29, 0.717) is 28.7 Å². The van der Waals surface area contributed by atoms with E-state index >= 15 is 0 Å². The molecule has 4 aromatic rings. The van der Waals surface area contributed by atoms with Gasteiger partial charge in [-0.1, -0.05) is 106 Å². The quantitative estimate of drug-likeness (QED) is 0.433. The highest BCUT2D eigenvalue weighted by molar-refractivity contribution is 6.14. The first-order valence-corrected chi connectivity index (χ1v) is 10.8. The fourth-order valence-electron chi connectivity index (χ4n) is 4.92. The maximum atomic E-state index is 13.6. The molecule has 31 heavy (non-hydrogen) atoms. The van der Waals surface area contributed by atoms with Crippen molar-refractivity contribution in [2.75, 3.05) is 0 Å². The zero-order valence-electron chi connectivity index (χ0n) is 18.1. The second kappa shape index (κ2) is 6.90. The number of carbonyl (C=O) groups is 1. The van der Waals surface area contributed by atoms with E-state index in [1.807, 2.05) is 54.6 Å². The molecular formula is C29H26O2. The fraction of sp³-hybridized carbons (Fsp3) is 0.207. The zero-order valence-corrected chi connectivity index (χ0v) is 18.1. The van der Waals surface area contributed by atoms with Gasteiger partial charge in [0.1, 0.15) is 5.60 Å². The number of ketones is 1. The Morgan fingerprint density at radius 2 is 1.45 bits per heavy atom. The molecule has 0 aliphatic heterocycles. The Bertz CT molecular complexity index is 1330. The molecule has 154 valence electrons. The third-order valence-electron chi connectivity index (χ3n) is 6.44. The summed E-state index contributed by atoms with van der Waals surface area (Å²) in [4.78, 5) is 13.6. The highest BCUT2D eigenvalue weighted by atomic mass is 16.3. The van der Waals surface area contributed by atoms with Gasteiger partial charge in [0.2, 0.25) is 0 Å². The summed E-state index contributed by atoms with van der Waals surface area (Å²) in [6.07, 6.45) is 0.405. The topological polar surface area (TPSA) is 37.3 Å². The molecule has 0 heterocycles. The first-order valence-electron chi connectivity index (χ1n) is 10.8. The third kappa shape index (κ3) is 3.10. The van der Waals surface area contributed by atoms with Crippen LogP contribution >= 0.6 is 0 Å². The second-order valence-corrected chi connectivity index (χ2v) is 9.57. The number of hydrogen-bond acceptors (Lipinski definition) is 2. The molecule has 5 rings (SSSR count). The van der Waals surface area contributed by atoms with Crippen molar-refractivity contribution < 1.29 is 9.90 Å². The van der Waals surface area contributed by atoms with Gasteiger partial charge in [-0.05, 0) is 38.4 Å². The van der Waals surface area contributed by atoms with Gasteiger partial charge in [0, 0.05) is 17.5 Å². The number of benzene rings is 4. The number of hydrogen-bond donors (Lipinski definition) is 1. The van der Waals surface area contributed by atoms with Crippen molar-refractivity contribution in [1.82, 2.24) is 0 Å². The van der Waals surface area contributed by atoms with Gasteiger partial charge < -0.3 is 5.11 Å². The summed E-state index contributed by atoms with van der Waals surface area (Å²) in [5.41, 5.74) is 3.16. The summed E-state index contributed by atoms with van der Waals surface area (Å²) in [5.74, 6) is -0.000638. The van der Waals surface area contributed by atoms with Gasteiger partial charge in [-0.15, -0.1) is 0 Å². The molecule has 1 unspecified atom stereocenters.